The first-order valence-electron chi connectivity index (χ1n) is 4.72. The lowest BCUT2D eigenvalue weighted by Crippen LogP contribution is -2.34. The summed E-state index contributed by atoms with van der Waals surface area (Å²) in [6.07, 6.45) is 3.15. The molecule has 2 aliphatic rings. The predicted molar refractivity (Wildman–Crippen MR) is 44.7 cm³/mol. The van der Waals surface area contributed by atoms with Crippen molar-refractivity contribution in [3.05, 3.63) is 0 Å². The van der Waals surface area contributed by atoms with E-state index in [0.29, 0.717) is 24.9 Å². The largest absolute Gasteiger partial charge is 0.465 e. The van der Waals surface area contributed by atoms with E-state index in [1.807, 2.05) is 0 Å². The molecule has 68 valence electrons. The fourth-order valence-electron chi connectivity index (χ4n) is 2.12. The molecule has 2 aliphatic heterocycles. The molecule has 2 fully saturated rings. The molecule has 12 heavy (non-hydrogen) atoms. The second-order valence-electron chi connectivity index (χ2n) is 3.75. The Bertz CT molecular complexity index is 175. The van der Waals surface area contributed by atoms with Crippen molar-refractivity contribution in [2.75, 3.05) is 19.7 Å². The molecule has 3 nitrogen and oxygen atoms in total. The summed E-state index contributed by atoms with van der Waals surface area (Å²) >= 11 is 0. The Morgan fingerprint density at radius 3 is 2.92 bits per heavy atom. The van der Waals surface area contributed by atoms with E-state index in [4.69, 9.17) is 4.74 Å². The number of piperidine rings is 1. The molecule has 2 heterocycles. The van der Waals surface area contributed by atoms with Crippen molar-refractivity contribution in [2.24, 2.45) is 11.8 Å². The topological polar surface area (TPSA) is 38.3 Å². The Kier molecular flexibility index (Phi) is 2.30. The highest BCUT2D eigenvalue weighted by Crippen LogP contribution is 2.27. The van der Waals surface area contributed by atoms with E-state index >= 15 is 0 Å². The zero-order valence-corrected chi connectivity index (χ0v) is 7.21. The fourth-order valence-corrected chi connectivity index (χ4v) is 2.12. The van der Waals surface area contributed by atoms with E-state index < -0.39 is 0 Å². The minimum absolute atomic E-state index is 0.00873. The normalized spacial score (nSPS) is 36.5. The lowest BCUT2D eigenvalue weighted by atomic mass is 9.86. The van der Waals surface area contributed by atoms with Crippen LogP contribution in [0, 0.1) is 11.8 Å². The molecule has 0 amide bonds. The molecule has 3 heteroatoms. The quantitative estimate of drug-likeness (QED) is 0.582. The van der Waals surface area contributed by atoms with Crippen LogP contribution in [0.3, 0.4) is 0 Å². The lowest BCUT2D eigenvalue weighted by molar-refractivity contribution is -0.137. The van der Waals surface area contributed by atoms with E-state index in [1.165, 1.54) is 12.8 Å². The average Bonchev–Trinajstić information content (AvgIpc) is 2.54. The highest BCUT2D eigenvalue weighted by atomic mass is 16.5. The Morgan fingerprint density at radius 1 is 1.42 bits per heavy atom. The van der Waals surface area contributed by atoms with Gasteiger partial charge in [-0.1, -0.05) is 0 Å². The summed E-state index contributed by atoms with van der Waals surface area (Å²) in [7, 11) is 0. The van der Waals surface area contributed by atoms with Crippen molar-refractivity contribution >= 4 is 5.97 Å². The first-order chi connectivity index (χ1) is 5.86. The summed E-state index contributed by atoms with van der Waals surface area (Å²) in [5, 5.41) is 3.36. The number of carbonyl (C=O) groups is 1. The Morgan fingerprint density at radius 2 is 2.33 bits per heavy atom. The Labute approximate surface area is 72.5 Å². The van der Waals surface area contributed by atoms with E-state index in [9.17, 15) is 4.79 Å². The van der Waals surface area contributed by atoms with Gasteiger partial charge in [0.2, 0.25) is 0 Å². The molecule has 2 atom stereocenters. The molecule has 0 aromatic carbocycles. The average molecular weight is 169 g/mol. The summed E-state index contributed by atoms with van der Waals surface area (Å²) in [6, 6.07) is 0. The third-order valence-corrected chi connectivity index (χ3v) is 2.89. The molecular formula is C9H15NO2. The summed E-state index contributed by atoms with van der Waals surface area (Å²) in [5.74, 6) is 1.15. The van der Waals surface area contributed by atoms with E-state index in [1.54, 1.807) is 0 Å². The second kappa shape index (κ2) is 3.44. The Hall–Kier alpha value is -0.570. The van der Waals surface area contributed by atoms with E-state index in [2.05, 4.69) is 5.32 Å². The van der Waals surface area contributed by atoms with Crippen molar-refractivity contribution in [3.63, 3.8) is 0 Å². The molecular weight excluding hydrogens is 154 g/mol. The van der Waals surface area contributed by atoms with Crippen molar-refractivity contribution in [1.82, 2.24) is 5.32 Å². The first kappa shape index (κ1) is 8.05. The van der Waals surface area contributed by atoms with Gasteiger partial charge in [-0.3, -0.25) is 4.79 Å². The van der Waals surface area contributed by atoms with Crippen LogP contribution in [0.1, 0.15) is 19.3 Å². The van der Waals surface area contributed by atoms with Crippen molar-refractivity contribution < 1.29 is 9.53 Å². The number of hydrogen-bond donors (Lipinski definition) is 1. The van der Waals surface area contributed by atoms with Crippen LogP contribution < -0.4 is 5.32 Å². The minimum atomic E-state index is -0.00873. The highest BCUT2D eigenvalue weighted by molar-refractivity contribution is 5.71. The van der Waals surface area contributed by atoms with Gasteiger partial charge in [0.25, 0.3) is 0 Å². The number of nitrogens with one attached hydrogen (secondary N) is 1. The van der Waals surface area contributed by atoms with Crippen LogP contribution >= 0.6 is 0 Å². The number of ether oxygens (including phenoxy) is 1. The number of cyclic esters (lactones) is 1. The molecule has 1 N–H and O–H groups in total. The molecule has 0 aromatic rings. The van der Waals surface area contributed by atoms with Gasteiger partial charge >= 0.3 is 5.97 Å². The number of esters is 1. The molecule has 0 aliphatic carbocycles. The predicted octanol–water partition coefficient (Wildman–Crippen LogP) is 0.549. The van der Waals surface area contributed by atoms with Gasteiger partial charge in [0.05, 0.1) is 13.0 Å². The summed E-state index contributed by atoms with van der Waals surface area (Å²) in [5.41, 5.74) is 0. The molecule has 0 bridgehead atoms. The van der Waals surface area contributed by atoms with Crippen LogP contribution in [-0.2, 0) is 9.53 Å². The van der Waals surface area contributed by atoms with Crippen molar-refractivity contribution in [3.8, 4) is 0 Å². The van der Waals surface area contributed by atoms with Gasteiger partial charge in [-0.25, -0.2) is 0 Å². The zero-order chi connectivity index (χ0) is 8.39. The lowest BCUT2D eigenvalue weighted by Gasteiger charge is -2.26. The molecule has 2 saturated heterocycles. The smallest absolute Gasteiger partial charge is 0.306 e. The maximum Gasteiger partial charge on any atom is 0.306 e. The monoisotopic (exact) mass is 169 g/mol. The molecule has 0 spiro atoms. The van der Waals surface area contributed by atoms with Crippen LogP contribution in [0.4, 0.5) is 0 Å². The summed E-state index contributed by atoms with van der Waals surface area (Å²) in [6.45, 7) is 2.87. The van der Waals surface area contributed by atoms with E-state index in [0.717, 1.165) is 13.1 Å². The standard InChI is InChI=1S/C9H15NO2/c11-9-4-8(6-12-9)7-2-1-3-10-5-7/h7-8,10H,1-6H2. The van der Waals surface area contributed by atoms with Gasteiger partial charge in [-0.15, -0.1) is 0 Å². The highest BCUT2D eigenvalue weighted by Gasteiger charge is 2.31. The SMILES string of the molecule is O=C1CC(C2CCCNC2)CO1. The minimum Gasteiger partial charge on any atom is -0.465 e. The van der Waals surface area contributed by atoms with Gasteiger partial charge in [-0.05, 0) is 31.8 Å². The maximum atomic E-state index is 10.9. The van der Waals surface area contributed by atoms with Gasteiger partial charge in [0.1, 0.15) is 0 Å². The van der Waals surface area contributed by atoms with Crippen molar-refractivity contribution in [1.29, 1.82) is 0 Å². The second-order valence-corrected chi connectivity index (χ2v) is 3.75. The first-order valence-corrected chi connectivity index (χ1v) is 4.72. The van der Waals surface area contributed by atoms with Crippen LogP contribution in [0.5, 0.6) is 0 Å². The summed E-state index contributed by atoms with van der Waals surface area (Å²) < 4.78 is 4.95. The third-order valence-electron chi connectivity index (χ3n) is 2.89. The van der Waals surface area contributed by atoms with Gasteiger partial charge in [-0.2, -0.15) is 0 Å². The molecule has 0 aromatic heterocycles. The van der Waals surface area contributed by atoms with Crippen molar-refractivity contribution in [2.45, 2.75) is 19.3 Å². The third kappa shape index (κ3) is 1.61. The van der Waals surface area contributed by atoms with Crippen LogP contribution in [-0.4, -0.2) is 25.7 Å². The fraction of sp³-hybridized carbons (Fsp3) is 0.889. The Balaban J connectivity index is 1.86. The molecule has 2 rings (SSSR count). The van der Waals surface area contributed by atoms with Gasteiger partial charge in [0.15, 0.2) is 0 Å². The maximum absolute atomic E-state index is 10.9. The number of hydrogen-bond acceptors (Lipinski definition) is 3. The van der Waals surface area contributed by atoms with Gasteiger partial charge < -0.3 is 10.1 Å². The number of rotatable bonds is 1. The molecule has 2 unspecified atom stereocenters. The molecule has 0 radical (unpaired) electrons. The van der Waals surface area contributed by atoms with Gasteiger partial charge in [0, 0.05) is 5.92 Å². The summed E-state index contributed by atoms with van der Waals surface area (Å²) in [4.78, 5) is 10.9. The van der Waals surface area contributed by atoms with Crippen LogP contribution in [0.25, 0.3) is 0 Å². The molecule has 0 saturated carbocycles. The number of carbonyl (C=O) groups excluding carboxylic acids is 1. The van der Waals surface area contributed by atoms with Crippen LogP contribution in [0.2, 0.25) is 0 Å². The zero-order valence-electron chi connectivity index (χ0n) is 7.21. The van der Waals surface area contributed by atoms with E-state index in [-0.39, 0.29) is 5.97 Å². The van der Waals surface area contributed by atoms with Crippen LogP contribution in [0.15, 0.2) is 0 Å².